The quantitative estimate of drug-likeness (QED) is 0.598. The Balaban J connectivity index is 2.85. The zero-order valence-corrected chi connectivity index (χ0v) is 10.5. The van der Waals surface area contributed by atoms with E-state index in [1.54, 1.807) is 6.07 Å². The monoisotopic (exact) mass is 220 g/mol. The van der Waals surface area contributed by atoms with Crippen LogP contribution < -0.4 is 0 Å². The predicted molar refractivity (Wildman–Crippen MR) is 68.5 cm³/mol. The van der Waals surface area contributed by atoms with Crippen molar-refractivity contribution in [3.8, 4) is 5.75 Å². The molecule has 1 aromatic rings. The molecule has 0 aromatic heterocycles. The molecule has 0 fully saturated rings. The Kier molecular flexibility index (Phi) is 4.53. The van der Waals surface area contributed by atoms with E-state index in [0.717, 1.165) is 13.0 Å². The second-order valence-electron chi connectivity index (χ2n) is 4.63. The molecule has 0 spiro atoms. The molecule has 0 saturated heterocycles. The molecule has 1 rings (SSSR count). The van der Waals surface area contributed by atoms with Gasteiger partial charge in [-0.1, -0.05) is 26.0 Å². The lowest BCUT2D eigenvalue weighted by Gasteiger charge is -2.21. The molecule has 0 bridgehead atoms. The van der Waals surface area contributed by atoms with E-state index < -0.39 is 0 Å². The molecule has 0 amide bonds. The van der Waals surface area contributed by atoms with E-state index in [4.69, 9.17) is 0 Å². The Morgan fingerprint density at radius 3 is 2.62 bits per heavy atom. The number of phenols is 1. The summed E-state index contributed by atoms with van der Waals surface area (Å²) in [5.41, 5.74) is 1.22. The molecule has 2 nitrogen and oxygen atoms in total. The zero-order chi connectivity index (χ0) is 12.1. The van der Waals surface area contributed by atoms with Gasteiger partial charge in [-0.15, -0.1) is 0 Å². The summed E-state index contributed by atoms with van der Waals surface area (Å²) in [5, 5.41) is 9.50. The van der Waals surface area contributed by atoms with Gasteiger partial charge in [0.25, 0.3) is 0 Å². The molecule has 1 aromatic carbocycles. The van der Waals surface area contributed by atoms with Gasteiger partial charge >= 0.3 is 0 Å². The van der Waals surface area contributed by atoms with E-state index in [2.05, 4.69) is 26.6 Å². The number of nitrogens with zero attached hydrogens (tertiary/aromatic N) is 1. The Hall–Kier alpha value is -1.31. The molecule has 0 heterocycles. The van der Waals surface area contributed by atoms with Crippen molar-refractivity contribution >= 4 is 6.72 Å². The molecule has 0 aliphatic carbocycles. The van der Waals surface area contributed by atoms with Crippen molar-refractivity contribution in [2.45, 2.75) is 26.2 Å². The van der Waals surface area contributed by atoms with Gasteiger partial charge in [-0.3, -0.25) is 0 Å². The molecular weight excluding hydrogens is 198 g/mol. The molecule has 2 atom stereocenters. The first-order chi connectivity index (χ1) is 7.54. The molecule has 0 saturated carbocycles. The predicted octanol–water partition coefficient (Wildman–Crippen LogP) is 2.86. The number of aromatic hydroxyl groups is 1. The van der Waals surface area contributed by atoms with Gasteiger partial charge in [-0.2, -0.15) is 0 Å². The van der Waals surface area contributed by atoms with Crippen molar-refractivity contribution in [1.29, 1.82) is 0 Å². The Morgan fingerprint density at radius 2 is 2.12 bits per heavy atom. The standard InChI is InChI=1S/C14H21NO/c1-5-14(11(2)10-15(3)4)12-7-6-8-13(16)9-12/h6-9,11,14H,3,5,10H2,1-2,4H3/p+1. The number of hydrogen-bond donors (Lipinski definition) is 1. The highest BCUT2D eigenvalue weighted by atomic mass is 16.3. The smallest absolute Gasteiger partial charge is 0.145 e. The van der Waals surface area contributed by atoms with Crippen molar-refractivity contribution in [2.24, 2.45) is 5.92 Å². The second kappa shape index (κ2) is 5.69. The average Bonchev–Trinajstić information content (AvgIpc) is 2.17. The van der Waals surface area contributed by atoms with Gasteiger partial charge in [0.15, 0.2) is 0 Å². The van der Waals surface area contributed by atoms with Crippen LogP contribution in [0.25, 0.3) is 0 Å². The molecule has 0 aliphatic rings. The van der Waals surface area contributed by atoms with Crippen molar-refractivity contribution < 1.29 is 9.68 Å². The van der Waals surface area contributed by atoms with Crippen LogP contribution in [0.2, 0.25) is 0 Å². The first kappa shape index (κ1) is 12.8. The SMILES string of the molecule is C=[N+](C)CC(C)C(CC)c1cccc(O)c1. The Morgan fingerprint density at radius 1 is 1.44 bits per heavy atom. The van der Waals surface area contributed by atoms with Gasteiger partial charge < -0.3 is 5.11 Å². The Bertz CT molecular complexity index is 360. The molecule has 16 heavy (non-hydrogen) atoms. The summed E-state index contributed by atoms with van der Waals surface area (Å²) < 4.78 is 1.97. The van der Waals surface area contributed by atoms with Gasteiger partial charge in [0.2, 0.25) is 0 Å². The van der Waals surface area contributed by atoms with Crippen molar-refractivity contribution in [2.75, 3.05) is 13.6 Å². The van der Waals surface area contributed by atoms with Crippen LogP contribution in [-0.4, -0.2) is 30.0 Å². The summed E-state index contributed by atoms with van der Waals surface area (Å²) in [4.78, 5) is 0. The summed E-state index contributed by atoms with van der Waals surface area (Å²) in [7, 11) is 1.99. The highest BCUT2D eigenvalue weighted by Gasteiger charge is 2.20. The van der Waals surface area contributed by atoms with Crippen LogP contribution in [0.1, 0.15) is 31.7 Å². The van der Waals surface area contributed by atoms with Crippen LogP contribution in [0.4, 0.5) is 0 Å². The first-order valence-electron chi connectivity index (χ1n) is 5.85. The minimum atomic E-state index is 0.353. The summed E-state index contributed by atoms with van der Waals surface area (Å²) in [6, 6.07) is 7.59. The third-order valence-corrected chi connectivity index (χ3v) is 3.02. The highest BCUT2D eigenvalue weighted by molar-refractivity contribution is 5.30. The van der Waals surface area contributed by atoms with Crippen molar-refractivity contribution in [3.05, 3.63) is 29.8 Å². The molecule has 1 N–H and O–H groups in total. The molecule has 88 valence electrons. The topological polar surface area (TPSA) is 23.2 Å². The third-order valence-electron chi connectivity index (χ3n) is 3.02. The summed E-state index contributed by atoms with van der Waals surface area (Å²) in [5.74, 6) is 1.37. The number of benzene rings is 1. The van der Waals surface area contributed by atoms with Gasteiger partial charge in [-0.05, 0) is 30.0 Å². The van der Waals surface area contributed by atoms with Gasteiger partial charge in [0.1, 0.15) is 26.1 Å². The number of phenolic OH excluding ortho intramolecular Hbond substituents is 1. The van der Waals surface area contributed by atoms with Crippen molar-refractivity contribution in [3.63, 3.8) is 0 Å². The van der Waals surface area contributed by atoms with Gasteiger partial charge in [-0.25, -0.2) is 4.58 Å². The maximum absolute atomic E-state index is 9.50. The van der Waals surface area contributed by atoms with Gasteiger partial charge in [0, 0.05) is 5.92 Å². The fourth-order valence-corrected chi connectivity index (χ4v) is 2.34. The maximum Gasteiger partial charge on any atom is 0.145 e. The van der Waals surface area contributed by atoms with E-state index in [0.29, 0.717) is 17.6 Å². The number of rotatable bonds is 5. The van der Waals surface area contributed by atoms with Crippen LogP contribution >= 0.6 is 0 Å². The largest absolute Gasteiger partial charge is 0.508 e. The van der Waals surface area contributed by atoms with Crippen LogP contribution in [-0.2, 0) is 0 Å². The Labute approximate surface area is 98.3 Å². The van der Waals surface area contributed by atoms with E-state index in [-0.39, 0.29) is 0 Å². The molecule has 2 unspecified atom stereocenters. The summed E-state index contributed by atoms with van der Waals surface area (Å²) >= 11 is 0. The zero-order valence-electron chi connectivity index (χ0n) is 10.5. The minimum absolute atomic E-state index is 0.353. The fourth-order valence-electron chi connectivity index (χ4n) is 2.34. The molecular formula is C14H22NO+. The molecule has 2 heteroatoms. The molecule has 0 radical (unpaired) electrons. The third kappa shape index (κ3) is 3.37. The van der Waals surface area contributed by atoms with Crippen LogP contribution in [0, 0.1) is 5.92 Å². The van der Waals surface area contributed by atoms with E-state index in [1.165, 1.54) is 5.56 Å². The van der Waals surface area contributed by atoms with Crippen molar-refractivity contribution in [1.82, 2.24) is 0 Å². The summed E-state index contributed by atoms with van der Waals surface area (Å²) in [6.45, 7) is 9.28. The minimum Gasteiger partial charge on any atom is -0.508 e. The maximum atomic E-state index is 9.50. The number of hydrogen-bond acceptors (Lipinski definition) is 1. The van der Waals surface area contributed by atoms with Crippen LogP contribution in [0.5, 0.6) is 5.75 Å². The first-order valence-corrected chi connectivity index (χ1v) is 5.85. The normalized spacial score (nSPS) is 14.4. The lowest BCUT2D eigenvalue weighted by molar-refractivity contribution is -0.496. The summed E-state index contributed by atoms with van der Waals surface area (Å²) in [6.07, 6.45) is 1.08. The molecule has 0 aliphatic heterocycles. The van der Waals surface area contributed by atoms with E-state index in [1.807, 2.05) is 23.8 Å². The highest BCUT2D eigenvalue weighted by Crippen LogP contribution is 2.29. The van der Waals surface area contributed by atoms with Crippen LogP contribution in [0.15, 0.2) is 24.3 Å². The van der Waals surface area contributed by atoms with Crippen LogP contribution in [0.3, 0.4) is 0 Å². The van der Waals surface area contributed by atoms with E-state index >= 15 is 0 Å². The van der Waals surface area contributed by atoms with Gasteiger partial charge in [0.05, 0.1) is 0 Å². The van der Waals surface area contributed by atoms with E-state index in [9.17, 15) is 5.11 Å². The lowest BCUT2D eigenvalue weighted by Crippen LogP contribution is -2.19. The lowest BCUT2D eigenvalue weighted by atomic mass is 9.85. The average molecular weight is 220 g/mol. The second-order valence-corrected chi connectivity index (χ2v) is 4.63. The fraction of sp³-hybridized carbons (Fsp3) is 0.500.